The molecule has 1 atom stereocenters. The van der Waals surface area contributed by atoms with E-state index in [0.717, 1.165) is 17.4 Å². The fraction of sp³-hybridized carbons (Fsp3) is 0.308. The zero-order valence-corrected chi connectivity index (χ0v) is 11.3. The van der Waals surface area contributed by atoms with Crippen molar-refractivity contribution in [3.63, 3.8) is 0 Å². The van der Waals surface area contributed by atoms with E-state index in [-0.39, 0.29) is 23.5 Å². The van der Waals surface area contributed by atoms with Crippen LogP contribution in [0.1, 0.15) is 13.3 Å². The Labute approximate surface area is 115 Å². The lowest BCUT2D eigenvalue weighted by atomic mass is 10.2. The van der Waals surface area contributed by atoms with E-state index in [9.17, 15) is 14.4 Å². The molecule has 1 N–H and O–H groups in total. The summed E-state index contributed by atoms with van der Waals surface area (Å²) in [5.74, 6) is -0.538. The van der Waals surface area contributed by atoms with Gasteiger partial charge in [-0.2, -0.15) is 0 Å². The lowest BCUT2D eigenvalue weighted by molar-refractivity contribution is -0.123. The van der Waals surface area contributed by atoms with Crippen molar-refractivity contribution in [3.8, 4) is 0 Å². The van der Waals surface area contributed by atoms with Crippen LogP contribution in [0.3, 0.4) is 0 Å². The van der Waals surface area contributed by atoms with Gasteiger partial charge in [0.15, 0.2) is 0 Å². The number of carbonyl (C=O) groups excluding carboxylic acids is 3. The van der Waals surface area contributed by atoms with Gasteiger partial charge in [0, 0.05) is 18.7 Å². The Kier molecular flexibility index (Phi) is 4.21. The van der Waals surface area contributed by atoms with Crippen LogP contribution in [0.5, 0.6) is 0 Å². The summed E-state index contributed by atoms with van der Waals surface area (Å²) in [6, 6.07) is 9.27. The quantitative estimate of drug-likeness (QED) is 0.911. The fourth-order valence-electron chi connectivity index (χ4n) is 1.91. The Morgan fingerprint density at radius 2 is 2.00 bits per heavy atom. The van der Waals surface area contributed by atoms with Crippen LogP contribution >= 0.6 is 11.8 Å². The highest BCUT2D eigenvalue weighted by atomic mass is 32.2. The minimum absolute atomic E-state index is 0.0327. The van der Waals surface area contributed by atoms with E-state index in [4.69, 9.17) is 0 Å². The molecule has 1 aromatic rings. The van der Waals surface area contributed by atoms with Gasteiger partial charge in [0.2, 0.25) is 11.8 Å². The smallest absolute Gasteiger partial charge is 0.286 e. The third-order valence-electron chi connectivity index (χ3n) is 2.81. The Morgan fingerprint density at radius 3 is 2.53 bits per heavy atom. The average Bonchev–Trinajstić information content (AvgIpc) is 2.70. The van der Waals surface area contributed by atoms with E-state index in [0.29, 0.717) is 6.54 Å². The molecule has 6 heteroatoms. The zero-order valence-electron chi connectivity index (χ0n) is 10.5. The molecule has 0 radical (unpaired) electrons. The van der Waals surface area contributed by atoms with E-state index in [1.54, 1.807) is 4.90 Å². The van der Waals surface area contributed by atoms with Gasteiger partial charge in [0.1, 0.15) is 5.25 Å². The van der Waals surface area contributed by atoms with Gasteiger partial charge in [-0.1, -0.05) is 30.0 Å². The second-order valence-corrected chi connectivity index (χ2v) is 5.24. The van der Waals surface area contributed by atoms with E-state index < -0.39 is 5.25 Å². The molecule has 100 valence electrons. The highest BCUT2D eigenvalue weighted by molar-refractivity contribution is 8.15. The van der Waals surface area contributed by atoms with Crippen molar-refractivity contribution < 1.29 is 14.4 Å². The van der Waals surface area contributed by atoms with Crippen molar-refractivity contribution in [1.82, 2.24) is 5.32 Å². The first kappa shape index (κ1) is 13.6. The van der Waals surface area contributed by atoms with E-state index >= 15 is 0 Å². The van der Waals surface area contributed by atoms with Gasteiger partial charge >= 0.3 is 0 Å². The molecule has 1 saturated heterocycles. The summed E-state index contributed by atoms with van der Waals surface area (Å²) in [5, 5.41) is 1.19. The maximum atomic E-state index is 12.2. The molecule has 1 unspecified atom stereocenters. The minimum Gasteiger partial charge on any atom is -0.313 e. The number of nitrogens with one attached hydrogen (secondary N) is 1. The molecule has 2 rings (SSSR count). The van der Waals surface area contributed by atoms with Gasteiger partial charge in [-0.25, -0.2) is 0 Å². The third kappa shape index (κ3) is 3.14. The predicted molar refractivity (Wildman–Crippen MR) is 74.0 cm³/mol. The first-order valence-corrected chi connectivity index (χ1v) is 6.86. The number of hydrogen-bond acceptors (Lipinski definition) is 4. The molecule has 1 aliphatic heterocycles. The molecule has 0 aliphatic carbocycles. The maximum absolute atomic E-state index is 12.2. The first-order valence-electron chi connectivity index (χ1n) is 5.98. The molecule has 5 nitrogen and oxygen atoms in total. The Balaban J connectivity index is 2.06. The number of anilines is 1. The van der Waals surface area contributed by atoms with Crippen molar-refractivity contribution in [2.24, 2.45) is 0 Å². The Hall–Kier alpha value is -1.82. The monoisotopic (exact) mass is 278 g/mol. The van der Waals surface area contributed by atoms with Gasteiger partial charge in [-0.15, -0.1) is 0 Å². The van der Waals surface area contributed by atoms with Crippen LogP contribution in [0.2, 0.25) is 0 Å². The summed E-state index contributed by atoms with van der Waals surface area (Å²) in [6.45, 7) is 2.40. The second-order valence-electron chi connectivity index (χ2n) is 4.06. The lowest BCUT2D eigenvalue weighted by Crippen LogP contribution is -2.35. The number of hydrogen-bond donors (Lipinski definition) is 1. The lowest BCUT2D eigenvalue weighted by Gasteiger charge is -2.21. The highest BCUT2D eigenvalue weighted by Gasteiger charge is 2.34. The summed E-state index contributed by atoms with van der Waals surface area (Å²) in [4.78, 5) is 36.3. The van der Waals surface area contributed by atoms with E-state index in [1.165, 1.54) is 0 Å². The van der Waals surface area contributed by atoms with Crippen LogP contribution < -0.4 is 10.2 Å². The number of rotatable bonds is 4. The molecule has 0 bridgehead atoms. The first-order chi connectivity index (χ1) is 9.11. The van der Waals surface area contributed by atoms with Crippen LogP contribution in [0, 0.1) is 0 Å². The van der Waals surface area contributed by atoms with Crippen LogP contribution in [0.15, 0.2) is 30.3 Å². The van der Waals surface area contributed by atoms with Crippen LogP contribution in [-0.2, 0) is 9.59 Å². The summed E-state index contributed by atoms with van der Waals surface area (Å²) >= 11 is 0.878. The number of thioether (sulfide) groups is 1. The van der Waals surface area contributed by atoms with Crippen molar-refractivity contribution in [1.29, 1.82) is 0 Å². The summed E-state index contributed by atoms with van der Waals surface area (Å²) < 4.78 is 0. The van der Waals surface area contributed by atoms with Gasteiger partial charge in [-0.05, 0) is 19.1 Å². The maximum Gasteiger partial charge on any atom is 0.286 e. The summed E-state index contributed by atoms with van der Waals surface area (Å²) in [5.41, 5.74) is 0.796. The molecule has 1 fully saturated rings. The summed E-state index contributed by atoms with van der Waals surface area (Å²) in [7, 11) is 0. The Morgan fingerprint density at radius 1 is 1.32 bits per heavy atom. The number of benzene rings is 1. The van der Waals surface area contributed by atoms with Crippen LogP contribution in [0.4, 0.5) is 10.5 Å². The highest BCUT2D eigenvalue weighted by Crippen LogP contribution is 2.24. The number of amides is 3. The molecule has 1 aromatic carbocycles. The number of nitrogens with zero attached hydrogens (tertiary/aromatic N) is 1. The molecule has 19 heavy (non-hydrogen) atoms. The van der Waals surface area contributed by atoms with E-state index in [1.807, 2.05) is 37.3 Å². The largest absolute Gasteiger partial charge is 0.313 e. The number of imide groups is 1. The minimum atomic E-state index is -0.613. The van der Waals surface area contributed by atoms with Crippen molar-refractivity contribution >= 4 is 34.5 Å². The standard InChI is InChI=1S/C13H14N2O3S/c1-2-15(9-6-4-3-5-7-9)11(16)8-10-12(17)14-13(18)19-10/h3-7,10H,2,8H2,1H3,(H,14,17,18). The topological polar surface area (TPSA) is 66.5 Å². The van der Waals surface area contributed by atoms with E-state index in [2.05, 4.69) is 5.32 Å². The molecule has 1 heterocycles. The number of para-hydroxylation sites is 1. The van der Waals surface area contributed by atoms with Crippen molar-refractivity contribution in [3.05, 3.63) is 30.3 Å². The number of carbonyl (C=O) groups is 3. The fourth-order valence-corrected chi connectivity index (χ4v) is 2.72. The van der Waals surface area contributed by atoms with Gasteiger partial charge in [-0.3, -0.25) is 19.7 Å². The van der Waals surface area contributed by atoms with Crippen molar-refractivity contribution in [2.75, 3.05) is 11.4 Å². The molecular weight excluding hydrogens is 264 g/mol. The van der Waals surface area contributed by atoms with Crippen LogP contribution in [0.25, 0.3) is 0 Å². The molecule has 0 spiro atoms. The molecule has 1 aliphatic rings. The predicted octanol–water partition coefficient (Wildman–Crippen LogP) is 1.78. The SMILES string of the molecule is CCN(C(=O)CC1SC(=O)NC1=O)c1ccccc1. The van der Waals surface area contributed by atoms with Gasteiger partial charge in [0.05, 0.1) is 0 Å². The summed E-state index contributed by atoms with van der Waals surface area (Å²) in [6.07, 6.45) is 0.0327. The molecule has 0 saturated carbocycles. The molecule has 0 aromatic heterocycles. The zero-order chi connectivity index (χ0) is 13.8. The average molecular weight is 278 g/mol. The molecule has 3 amide bonds. The Bertz CT molecular complexity index is 504. The second kappa shape index (κ2) is 5.88. The van der Waals surface area contributed by atoms with Gasteiger partial charge in [0.25, 0.3) is 5.24 Å². The van der Waals surface area contributed by atoms with Crippen LogP contribution in [-0.4, -0.2) is 28.8 Å². The van der Waals surface area contributed by atoms with Gasteiger partial charge < -0.3 is 4.90 Å². The normalized spacial score (nSPS) is 18.3. The molecular formula is C13H14N2O3S. The van der Waals surface area contributed by atoms with Crippen molar-refractivity contribution in [2.45, 2.75) is 18.6 Å². The third-order valence-corrected chi connectivity index (χ3v) is 3.79.